The Morgan fingerprint density at radius 1 is 0.952 bits per heavy atom. The number of aryl methyl sites for hydroxylation is 1. The lowest BCUT2D eigenvalue weighted by atomic mass is 10.0. The highest BCUT2D eigenvalue weighted by Gasteiger charge is 2.11. The summed E-state index contributed by atoms with van der Waals surface area (Å²) in [4.78, 5) is 11.2. The zero-order chi connectivity index (χ0) is 15.7. The second-order valence-electron chi connectivity index (χ2n) is 5.91. The average molecular weight is 292 g/mol. The molecular formula is C17H32N4. The second kappa shape index (κ2) is 9.59. The molecule has 0 aliphatic carbocycles. The molecule has 0 saturated carbocycles. The van der Waals surface area contributed by atoms with Crippen LogP contribution < -0.4 is 10.6 Å². The zero-order valence-corrected chi connectivity index (χ0v) is 14.3. The van der Waals surface area contributed by atoms with Gasteiger partial charge in [-0.05, 0) is 26.2 Å². The second-order valence-corrected chi connectivity index (χ2v) is 5.91. The molecule has 1 heterocycles. The first kappa shape index (κ1) is 17.7. The van der Waals surface area contributed by atoms with Crippen LogP contribution in [-0.4, -0.2) is 23.6 Å². The number of anilines is 2. The van der Waals surface area contributed by atoms with Gasteiger partial charge in [-0.15, -0.1) is 0 Å². The molecule has 4 nitrogen and oxygen atoms in total. The predicted octanol–water partition coefficient (Wildman–Crippen LogP) is 4.12. The fourth-order valence-corrected chi connectivity index (χ4v) is 2.60. The molecule has 0 saturated heterocycles. The Kier molecular flexibility index (Phi) is 8.09. The minimum atomic E-state index is 0.661. The van der Waals surface area contributed by atoms with Gasteiger partial charge in [0, 0.05) is 24.8 Å². The van der Waals surface area contributed by atoms with Gasteiger partial charge in [0.05, 0.1) is 0 Å². The fraction of sp³-hybridized carbons (Fsp3) is 0.765. The quantitative estimate of drug-likeness (QED) is 0.659. The number of hydrogen-bond donors (Lipinski definition) is 1. The highest BCUT2D eigenvalue weighted by molar-refractivity contribution is 5.47. The molecule has 0 aliphatic rings. The summed E-state index contributed by atoms with van der Waals surface area (Å²) in [5.74, 6) is 1.41. The number of unbranched alkanes of at least 4 members (excludes halogenated alkanes) is 5. The lowest BCUT2D eigenvalue weighted by Crippen LogP contribution is -2.22. The number of aromatic nitrogens is 2. The Labute approximate surface area is 130 Å². The van der Waals surface area contributed by atoms with Gasteiger partial charge >= 0.3 is 0 Å². The van der Waals surface area contributed by atoms with Gasteiger partial charge < -0.3 is 10.6 Å². The van der Waals surface area contributed by atoms with Gasteiger partial charge in [0.15, 0.2) is 0 Å². The Morgan fingerprint density at radius 2 is 1.62 bits per heavy atom. The molecule has 0 atom stereocenters. The molecule has 1 aromatic rings. The molecule has 0 radical (unpaired) electrons. The van der Waals surface area contributed by atoms with Gasteiger partial charge in [-0.2, -0.15) is 4.98 Å². The third-order valence-electron chi connectivity index (χ3n) is 3.91. The van der Waals surface area contributed by atoms with Crippen LogP contribution >= 0.6 is 0 Å². The molecule has 0 spiro atoms. The Morgan fingerprint density at radius 3 is 2.24 bits per heavy atom. The summed E-state index contributed by atoms with van der Waals surface area (Å²) in [5.41, 5.74) is 8.32. The van der Waals surface area contributed by atoms with Gasteiger partial charge in [0.25, 0.3) is 0 Å². The Balaban J connectivity index is 2.55. The van der Waals surface area contributed by atoms with E-state index in [9.17, 15) is 0 Å². The molecule has 4 heteroatoms. The number of nitrogen functional groups attached to an aromatic ring is 1. The van der Waals surface area contributed by atoms with Gasteiger partial charge in [0.2, 0.25) is 5.95 Å². The number of hydrogen-bond acceptors (Lipinski definition) is 4. The molecule has 21 heavy (non-hydrogen) atoms. The van der Waals surface area contributed by atoms with Crippen molar-refractivity contribution in [3.8, 4) is 0 Å². The first-order valence-electron chi connectivity index (χ1n) is 8.44. The third kappa shape index (κ3) is 5.90. The molecule has 1 rings (SSSR count). The summed E-state index contributed by atoms with van der Waals surface area (Å²) in [6.07, 6.45) is 9.86. The van der Waals surface area contributed by atoms with Crippen LogP contribution in [0.3, 0.4) is 0 Å². The minimum absolute atomic E-state index is 0.661. The van der Waals surface area contributed by atoms with E-state index in [0.29, 0.717) is 5.82 Å². The lowest BCUT2D eigenvalue weighted by molar-refractivity contribution is 0.606. The van der Waals surface area contributed by atoms with Crippen molar-refractivity contribution in [3.05, 3.63) is 11.3 Å². The monoisotopic (exact) mass is 292 g/mol. The summed E-state index contributed by atoms with van der Waals surface area (Å²) in [6.45, 7) is 7.40. The lowest BCUT2D eigenvalue weighted by Gasteiger charge is -2.18. The minimum Gasteiger partial charge on any atom is -0.383 e. The SMILES string of the molecule is CCCCCCCCc1c(C)nc(N(C)CCC)nc1N. The van der Waals surface area contributed by atoms with Gasteiger partial charge in [-0.25, -0.2) is 4.98 Å². The normalized spacial score (nSPS) is 10.9. The van der Waals surface area contributed by atoms with Crippen LogP contribution in [0.1, 0.15) is 70.1 Å². The summed E-state index contributed by atoms with van der Waals surface area (Å²) in [7, 11) is 2.02. The Hall–Kier alpha value is -1.32. The van der Waals surface area contributed by atoms with E-state index in [0.717, 1.165) is 36.6 Å². The van der Waals surface area contributed by atoms with Crippen LogP contribution in [0.25, 0.3) is 0 Å². The molecule has 1 aromatic heterocycles. The maximum Gasteiger partial charge on any atom is 0.227 e. The first-order chi connectivity index (χ1) is 10.1. The van der Waals surface area contributed by atoms with Crippen molar-refractivity contribution >= 4 is 11.8 Å². The summed E-state index contributed by atoms with van der Waals surface area (Å²) in [5, 5.41) is 0. The van der Waals surface area contributed by atoms with E-state index in [2.05, 4.69) is 28.7 Å². The van der Waals surface area contributed by atoms with Gasteiger partial charge in [0.1, 0.15) is 5.82 Å². The van der Waals surface area contributed by atoms with Crippen LogP contribution in [0, 0.1) is 6.92 Å². The van der Waals surface area contributed by atoms with Crippen LogP contribution in [0.4, 0.5) is 11.8 Å². The molecule has 0 aliphatic heterocycles. The van der Waals surface area contributed by atoms with E-state index < -0.39 is 0 Å². The topological polar surface area (TPSA) is 55.0 Å². The van der Waals surface area contributed by atoms with Crippen molar-refractivity contribution in [1.29, 1.82) is 0 Å². The summed E-state index contributed by atoms with van der Waals surface area (Å²) in [6, 6.07) is 0. The van der Waals surface area contributed by atoms with Crippen LogP contribution in [0.2, 0.25) is 0 Å². The molecule has 0 aromatic carbocycles. The molecule has 0 fully saturated rings. The van der Waals surface area contributed by atoms with E-state index in [1.807, 2.05) is 14.0 Å². The molecule has 120 valence electrons. The Bertz CT molecular complexity index is 394. The van der Waals surface area contributed by atoms with Crippen LogP contribution in [-0.2, 0) is 6.42 Å². The molecule has 0 bridgehead atoms. The fourth-order valence-electron chi connectivity index (χ4n) is 2.60. The highest BCUT2D eigenvalue weighted by atomic mass is 15.2. The number of nitrogens with zero attached hydrogens (tertiary/aromatic N) is 3. The largest absolute Gasteiger partial charge is 0.383 e. The van der Waals surface area contributed by atoms with Crippen molar-refractivity contribution in [3.63, 3.8) is 0 Å². The van der Waals surface area contributed by atoms with Crippen molar-refractivity contribution in [1.82, 2.24) is 9.97 Å². The average Bonchev–Trinajstić information content (AvgIpc) is 2.45. The van der Waals surface area contributed by atoms with Crippen molar-refractivity contribution in [2.45, 2.75) is 72.1 Å². The maximum absolute atomic E-state index is 6.14. The molecule has 2 N–H and O–H groups in total. The van der Waals surface area contributed by atoms with Gasteiger partial charge in [-0.1, -0.05) is 46.0 Å². The predicted molar refractivity (Wildman–Crippen MR) is 91.8 cm³/mol. The summed E-state index contributed by atoms with van der Waals surface area (Å²) < 4.78 is 0. The van der Waals surface area contributed by atoms with E-state index in [1.165, 1.54) is 38.5 Å². The van der Waals surface area contributed by atoms with Crippen LogP contribution in [0.15, 0.2) is 0 Å². The maximum atomic E-state index is 6.14. The first-order valence-corrected chi connectivity index (χ1v) is 8.44. The van der Waals surface area contributed by atoms with E-state index in [-0.39, 0.29) is 0 Å². The smallest absolute Gasteiger partial charge is 0.227 e. The van der Waals surface area contributed by atoms with E-state index >= 15 is 0 Å². The number of rotatable bonds is 10. The molecular weight excluding hydrogens is 260 g/mol. The van der Waals surface area contributed by atoms with Crippen LogP contribution in [0.5, 0.6) is 0 Å². The molecule has 0 amide bonds. The van der Waals surface area contributed by atoms with Crippen molar-refractivity contribution < 1.29 is 0 Å². The summed E-state index contributed by atoms with van der Waals surface area (Å²) >= 11 is 0. The van der Waals surface area contributed by atoms with E-state index in [4.69, 9.17) is 5.73 Å². The van der Waals surface area contributed by atoms with Crippen molar-refractivity contribution in [2.75, 3.05) is 24.2 Å². The highest BCUT2D eigenvalue weighted by Crippen LogP contribution is 2.20. The third-order valence-corrected chi connectivity index (χ3v) is 3.91. The number of nitrogens with two attached hydrogens (primary N) is 1. The van der Waals surface area contributed by atoms with E-state index in [1.54, 1.807) is 0 Å². The standard InChI is InChI=1S/C17H32N4/c1-5-7-8-9-10-11-12-15-14(3)19-17(20-16(15)18)21(4)13-6-2/h5-13H2,1-4H3,(H2,18,19,20). The zero-order valence-electron chi connectivity index (χ0n) is 14.3. The van der Waals surface area contributed by atoms with Crippen molar-refractivity contribution in [2.24, 2.45) is 0 Å². The molecule has 0 unspecified atom stereocenters. The van der Waals surface area contributed by atoms with Gasteiger partial charge in [-0.3, -0.25) is 0 Å².